The van der Waals surface area contributed by atoms with Gasteiger partial charge < -0.3 is 9.84 Å². The first-order valence-corrected chi connectivity index (χ1v) is 15.2. The predicted molar refractivity (Wildman–Crippen MR) is 144 cm³/mol. The Labute approximate surface area is 220 Å². The van der Waals surface area contributed by atoms with Gasteiger partial charge in [-0.1, -0.05) is 65.5 Å². The maximum Gasteiger partial charge on any atom is 0.306 e. The molecule has 204 valence electrons. The van der Waals surface area contributed by atoms with Crippen LogP contribution in [0, 0.1) is 46.3 Å². The fourth-order valence-electron chi connectivity index (χ4n) is 9.38. The number of hydrogen-bond donors (Lipinski definition) is 1. The van der Waals surface area contributed by atoms with Crippen LogP contribution in [0.2, 0.25) is 0 Å². The van der Waals surface area contributed by atoms with E-state index in [0.717, 1.165) is 54.8 Å². The molecule has 4 heteroatoms. The summed E-state index contributed by atoms with van der Waals surface area (Å²) in [6.45, 7) is 12.4. The van der Waals surface area contributed by atoms with E-state index in [-0.39, 0.29) is 30.3 Å². The van der Waals surface area contributed by atoms with Crippen molar-refractivity contribution in [1.29, 1.82) is 0 Å². The molecule has 0 radical (unpaired) electrons. The zero-order chi connectivity index (χ0) is 26.1. The third-order valence-corrected chi connectivity index (χ3v) is 11.3. The minimum absolute atomic E-state index is 0.0315. The molecule has 0 aromatic heterocycles. The van der Waals surface area contributed by atoms with Gasteiger partial charge in [-0.3, -0.25) is 9.59 Å². The van der Waals surface area contributed by atoms with Crippen LogP contribution in [0.3, 0.4) is 0 Å². The average Bonchev–Trinajstić information content (AvgIpc) is 3.16. The Kier molecular flexibility index (Phi) is 8.62. The third-order valence-electron chi connectivity index (χ3n) is 11.3. The fraction of sp³-hybridized carbons (Fsp3) is 0.875. The second-order valence-corrected chi connectivity index (χ2v) is 13.9. The van der Waals surface area contributed by atoms with E-state index in [1.165, 1.54) is 51.4 Å². The van der Waals surface area contributed by atoms with Gasteiger partial charge in [0.1, 0.15) is 6.10 Å². The molecule has 0 saturated heterocycles. The van der Waals surface area contributed by atoms with E-state index in [0.29, 0.717) is 11.8 Å². The predicted octanol–water partition coefficient (Wildman–Crippen LogP) is 8.19. The smallest absolute Gasteiger partial charge is 0.306 e. The van der Waals surface area contributed by atoms with Gasteiger partial charge in [0, 0.05) is 19.3 Å². The van der Waals surface area contributed by atoms with Crippen LogP contribution in [0.1, 0.15) is 125 Å². The van der Waals surface area contributed by atoms with Crippen LogP contribution in [-0.4, -0.2) is 23.1 Å². The van der Waals surface area contributed by atoms with Crippen molar-refractivity contribution < 1.29 is 19.4 Å². The number of carboxylic acid groups (broad SMARTS) is 1. The molecule has 0 amide bonds. The van der Waals surface area contributed by atoms with Crippen LogP contribution in [0.5, 0.6) is 0 Å². The van der Waals surface area contributed by atoms with Crippen molar-refractivity contribution >= 4 is 11.9 Å². The standard InChI is InChI=1S/C32H52O4/c1-21(2)8-6-9-22(3)26-14-15-27-25-13-12-23-20-24(36-30(35)11-7-10-29(33)34)16-18-31(23,4)28(25)17-19-32(26,27)5/h12,21-22,24-28H,6-11,13-20H2,1-5H3,(H,33,34)/t22?,24-,25-,26+,27-,28-,31-,32+/m0/s1. The van der Waals surface area contributed by atoms with Gasteiger partial charge in [0.2, 0.25) is 0 Å². The number of carbonyl (C=O) groups excluding carboxylic acids is 1. The van der Waals surface area contributed by atoms with Crippen molar-refractivity contribution in [1.82, 2.24) is 0 Å². The molecule has 0 bridgehead atoms. The Bertz CT molecular complexity index is 830. The summed E-state index contributed by atoms with van der Waals surface area (Å²) in [6, 6.07) is 0. The van der Waals surface area contributed by atoms with Crippen LogP contribution in [0.4, 0.5) is 0 Å². The molecule has 0 spiro atoms. The number of esters is 1. The molecular weight excluding hydrogens is 448 g/mol. The van der Waals surface area contributed by atoms with Crippen molar-refractivity contribution in [2.24, 2.45) is 46.3 Å². The third kappa shape index (κ3) is 5.58. The molecule has 3 fully saturated rings. The molecule has 4 nitrogen and oxygen atoms in total. The Morgan fingerprint density at radius 2 is 1.78 bits per heavy atom. The average molecular weight is 501 g/mol. The second-order valence-electron chi connectivity index (χ2n) is 13.9. The Morgan fingerprint density at radius 1 is 1.00 bits per heavy atom. The SMILES string of the molecule is CC(C)CCCC(C)[C@H]1CC[C@H]2[C@@H]3CC=C4C[C@@H](OC(=O)CCCC(=O)O)CC[C@]4(C)[C@H]3CC[C@]12C. The van der Waals surface area contributed by atoms with Gasteiger partial charge in [-0.05, 0) is 97.7 Å². The highest BCUT2D eigenvalue weighted by molar-refractivity contribution is 5.71. The first-order chi connectivity index (χ1) is 17.0. The summed E-state index contributed by atoms with van der Waals surface area (Å²) in [5.41, 5.74) is 2.32. The van der Waals surface area contributed by atoms with Gasteiger partial charge in [0.25, 0.3) is 0 Å². The van der Waals surface area contributed by atoms with E-state index in [1.807, 2.05) is 0 Å². The zero-order valence-corrected chi connectivity index (χ0v) is 23.7. The Morgan fingerprint density at radius 3 is 2.50 bits per heavy atom. The molecule has 3 saturated carbocycles. The lowest BCUT2D eigenvalue weighted by molar-refractivity contribution is -0.151. The molecule has 4 aliphatic rings. The van der Waals surface area contributed by atoms with Gasteiger partial charge in [0.15, 0.2) is 0 Å². The number of carboxylic acids is 1. The van der Waals surface area contributed by atoms with Gasteiger partial charge in [-0.15, -0.1) is 0 Å². The summed E-state index contributed by atoms with van der Waals surface area (Å²) in [4.78, 5) is 23.0. The number of hydrogen-bond acceptors (Lipinski definition) is 3. The molecule has 1 N–H and O–H groups in total. The van der Waals surface area contributed by atoms with E-state index in [4.69, 9.17) is 9.84 Å². The van der Waals surface area contributed by atoms with Crippen LogP contribution >= 0.6 is 0 Å². The zero-order valence-electron chi connectivity index (χ0n) is 23.7. The summed E-state index contributed by atoms with van der Waals surface area (Å²) >= 11 is 0. The van der Waals surface area contributed by atoms with Crippen molar-refractivity contribution in [2.75, 3.05) is 0 Å². The van der Waals surface area contributed by atoms with E-state index in [9.17, 15) is 9.59 Å². The molecule has 36 heavy (non-hydrogen) atoms. The van der Waals surface area contributed by atoms with E-state index < -0.39 is 5.97 Å². The second kappa shape index (κ2) is 11.2. The quantitative estimate of drug-likeness (QED) is 0.242. The molecule has 4 aliphatic carbocycles. The molecule has 4 rings (SSSR count). The fourth-order valence-corrected chi connectivity index (χ4v) is 9.38. The largest absolute Gasteiger partial charge is 0.481 e. The van der Waals surface area contributed by atoms with Crippen LogP contribution in [0.15, 0.2) is 11.6 Å². The minimum Gasteiger partial charge on any atom is -0.481 e. The maximum absolute atomic E-state index is 12.3. The number of fused-ring (bicyclic) bond motifs is 5. The normalized spacial score (nSPS) is 38.5. The van der Waals surface area contributed by atoms with Gasteiger partial charge in [-0.2, -0.15) is 0 Å². The van der Waals surface area contributed by atoms with Crippen LogP contribution in [0.25, 0.3) is 0 Å². The highest BCUT2D eigenvalue weighted by Crippen LogP contribution is 2.67. The number of carbonyl (C=O) groups is 2. The first kappa shape index (κ1) is 27.7. The maximum atomic E-state index is 12.3. The van der Waals surface area contributed by atoms with E-state index in [2.05, 4.69) is 40.7 Å². The summed E-state index contributed by atoms with van der Waals surface area (Å²) in [5, 5.41) is 8.81. The van der Waals surface area contributed by atoms with Crippen molar-refractivity contribution in [3.63, 3.8) is 0 Å². The number of allylic oxidation sites excluding steroid dienone is 1. The minimum atomic E-state index is -0.851. The topological polar surface area (TPSA) is 63.6 Å². The molecular formula is C32H52O4. The van der Waals surface area contributed by atoms with Gasteiger partial charge >= 0.3 is 11.9 Å². The molecule has 0 heterocycles. The molecule has 8 atom stereocenters. The van der Waals surface area contributed by atoms with Crippen molar-refractivity contribution in [2.45, 2.75) is 131 Å². The lowest BCUT2D eigenvalue weighted by Crippen LogP contribution is -2.51. The van der Waals surface area contributed by atoms with Crippen molar-refractivity contribution in [3.05, 3.63) is 11.6 Å². The van der Waals surface area contributed by atoms with Crippen LogP contribution in [-0.2, 0) is 14.3 Å². The monoisotopic (exact) mass is 500 g/mol. The van der Waals surface area contributed by atoms with Gasteiger partial charge in [-0.25, -0.2) is 0 Å². The van der Waals surface area contributed by atoms with E-state index in [1.54, 1.807) is 5.57 Å². The van der Waals surface area contributed by atoms with Crippen LogP contribution < -0.4 is 0 Å². The molecule has 0 aromatic rings. The highest BCUT2D eigenvalue weighted by Gasteiger charge is 2.59. The number of rotatable bonds is 10. The summed E-state index contributed by atoms with van der Waals surface area (Å²) in [7, 11) is 0. The molecule has 0 aliphatic heterocycles. The van der Waals surface area contributed by atoms with E-state index >= 15 is 0 Å². The lowest BCUT2D eigenvalue weighted by atomic mass is 9.47. The Balaban J connectivity index is 1.38. The Hall–Kier alpha value is -1.32. The molecule has 1 unspecified atom stereocenters. The first-order valence-electron chi connectivity index (χ1n) is 15.2. The number of aliphatic carboxylic acids is 1. The number of ether oxygens (including phenoxy) is 1. The summed E-state index contributed by atoms with van der Waals surface area (Å²) in [5.74, 6) is 3.94. The lowest BCUT2D eigenvalue weighted by Gasteiger charge is -2.58. The summed E-state index contributed by atoms with van der Waals surface area (Å²) in [6.07, 6.45) is 17.0. The highest BCUT2D eigenvalue weighted by atomic mass is 16.5. The molecule has 0 aromatic carbocycles. The van der Waals surface area contributed by atoms with Gasteiger partial charge in [0.05, 0.1) is 0 Å². The van der Waals surface area contributed by atoms with Crippen molar-refractivity contribution in [3.8, 4) is 0 Å². The summed E-state index contributed by atoms with van der Waals surface area (Å²) < 4.78 is 5.80.